The van der Waals surface area contributed by atoms with E-state index in [4.69, 9.17) is 0 Å². The number of hydrogen-bond acceptors (Lipinski definition) is 2. The fourth-order valence-corrected chi connectivity index (χ4v) is 3.37. The zero-order valence-corrected chi connectivity index (χ0v) is 11.8. The highest BCUT2D eigenvalue weighted by atomic mass is 16.2. The first kappa shape index (κ1) is 13.6. The predicted octanol–water partition coefficient (Wildman–Crippen LogP) is 2.33. The Kier molecular flexibility index (Phi) is 4.44. The van der Waals surface area contributed by atoms with Gasteiger partial charge in [0, 0.05) is 19.6 Å². The molecule has 0 aromatic heterocycles. The molecule has 1 fully saturated rings. The zero-order chi connectivity index (χ0) is 13.0. The van der Waals surface area contributed by atoms with Crippen LogP contribution < -0.4 is 5.32 Å². The second-order valence-electron chi connectivity index (χ2n) is 5.88. The number of nitrogens with zero attached hydrogens (tertiary/aromatic N) is 1. The molecule has 0 spiro atoms. The first-order chi connectivity index (χ1) is 8.68. The Morgan fingerprint density at radius 3 is 3.00 bits per heavy atom. The number of amides is 1. The molecule has 1 saturated heterocycles. The van der Waals surface area contributed by atoms with Crippen molar-refractivity contribution >= 4 is 5.91 Å². The number of rotatable bonds is 3. The van der Waals surface area contributed by atoms with Gasteiger partial charge in [0.15, 0.2) is 0 Å². The van der Waals surface area contributed by atoms with E-state index in [9.17, 15) is 4.79 Å². The lowest BCUT2D eigenvalue weighted by Crippen LogP contribution is -2.52. The van der Waals surface area contributed by atoms with Gasteiger partial charge in [0.25, 0.3) is 0 Å². The molecule has 1 unspecified atom stereocenters. The summed E-state index contributed by atoms with van der Waals surface area (Å²) in [5.74, 6) is 0.393. The molecule has 2 rings (SSSR count). The Bertz CT molecular complexity index is 324. The van der Waals surface area contributed by atoms with Crippen molar-refractivity contribution in [3.63, 3.8) is 0 Å². The summed E-state index contributed by atoms with van der Waals surface area (Å²) in [5.41, 5.74) is 1.22. The van der Waals surface area contributed by atoms with Crippen LogP contribution in [0.4, 0.5) is 0 Å². The third-order valence-corrected chi connectivity index (χ3v) is 4.27. The van der Waals surface area contributed by atoms with Crippen molar-refractivity contribution in [1.29, 1.82) is 0 Å². The average molecular weight is 250 g/mol. The summed E-state index contributed by atoms with van der Waals surface area (Å²) in [6.07, 6.45) is 7.59. The van der Waals surface area contributed by atoms with E-state index < -0.39 is 0 Å². The Labute approximate surface area is 111 Å². The molecule has 1 amide bonds. The van der Waals surface area contributed by atoms with E-state index in [1.54, 1.807) is 0 Å². The van der Waals surface area contributed by atoms with Crippen molar-refractivity contribution in [1.82, 2.24) is 10.2 Å². The Hall–Kier alpha value is -0.830. The van der Waals surface area contributed by atoms with Crippen molar-refractivity contribution in [2.24, 2.45) is 5.41 Å². The minimum atomic E-state index is -0.120. The van der Waals surface area contributed by atoms with Crippen LogP contribution in [0.3, 0.4) is 0 Å². The fourth-order valence-electron chi connectivity index (χ4n) is 3.37. The maximum atomic E-state index is 12.9. The molecule has 0 radical (unpaired) electrons. The summed E-state index contributed by atoms with van der Waals surface area (Å²) >= 11 is 0. The van der Waals surface area contributed by atoms with Gasteiger partial charge in [-0.15, -0.1) is 0 Å². The molecule has 3 heteroatoms. The summed E-state index contributed by atoms with van der Waals surface area (Å²) in [6, 6.07) is 0. The number of nitrogens with one attached hydrogen (secondary N) is 1. The van der Waals surface area contributed by atoms with E-state index in [1.807, 2.05) is 0 Å². The van der Waals surface area contributed by atoms with Crippen molar-refractivity contribution in [3.8, 4) is 0 Å². The number of piperidine rings is 1. The summed E-state index contributed by atoms with van der Waals surface area (Å²) in [5, 5.41) is 3.43. The molecule has 0 aromatic carbocycles. The van der Waals surface area contributed by atoms with Crippen LogP contribution in [0.15, 0.2) is 11.6 Å². The molecule has 2 heterocycles. The van der Waals surface area contributed by atoms with Crippen LogP contribution in [0, 0.1) is 5.41 Å². The van der Waals surface area contributed by atoms with E-state index >= 15 is 0 Å². The van der Waals surface area contributed by atoms with Crippen LogP contribution in [0.1, 0.15) is 46.0 Å². The Morgan fingerprint density at radius 2 is 2.39 bits per heavy atom. The smallest absolute Gasteiger partial charge is 0.230 e. The maximum Gasteiger partial charge on any atom is 0.230 e. The molecular weight excluding hydrogens is 224 g/mol. The molecule has 2 aliphatic rings. The molecule has 1 atom stereocenters. The van der Waals surface area contributed by atoms with E-state index in [2.05, 4.69) is 30.1 Å². The van der Waals surface area contributed by atoms with Gasteiger partial charge < -0.3 is 10.2 Å². The van der Waals surface area contributed by atoms with Crippen LogP contribution in [-0.4, -0.2) is 37.0 Å². The molecule has 18 heavy (non-hydrogen) atoms. The zero-order valence-electron chi connectivity index (χ0n) is 11.8. The fraction of sp³-hybridized carbons (Fsp3) is 0.800. The average Bonchev–Trinajstić information content (AvgIpc) is 2.39. The molecule has 0 aromatic rings. The maximum absolute atomic E-state index is 12.9. The van der Waals surface area contributed by atoms with Crippen LogP contribution in [0.2, 0.25) is 0 Å². The van der Waals surface area contributed by atoms with E-state index in [0.717, 1.165) is 58.3 Å². The standard InChI is InChI=1S/C15H26N2O/c1-3-7-15(8-5-9-16-12-15)14(18)17-10-4-6-13(2)11-17/h6,16H,3-5,7-12H2,1-2H3. The lowest BCUT2D eigenvalue weighted by atomic mass is 9.75. The van der Waals surface area contributed by atoms with Crippen molar-refractivity contribution in [2.45, 2.75) is 46.0 Å². The van der Waals surface area contributed by atoms with Gasteiger partial charge in [-0.2, -0.15) is 0 Å². The van der Waals surface area contributed by atoms with Crippen LogP contribution >= 0.6 is 0 Å². The highest BCUT2D eigenvalue weighted by Crippen LogP contribution is 2.34. The molecular formula is C15H26N2O. The van der Waals surface area contributed by atoms with Crippen LogP contribution in [0.25, 0.3) is 0 Å². The third kappa shape index (κ3) is 2.77. The third-order valence-electron chi connectivity index (χ3n) is 4.27. The van der Waals surface area contributed by atoms with Gasteiger partial charge in [-0.25, -0.2) is 0 Å². The molecule has 102 valence electrons. The highest BCUT2D eigenvalue weighted by molar-refractivity contribution is 5.83. The van der Waals surface area contributed by atoms with E-state index in [1.165, 1.54) is 5.57 Å². The predicted molar refractivity (Wildman–Crippen MR) is 74.4 cm³/mol. The lowest BCUT2D eigenvalue weighted by molar-refractivity contribution is -0.143. The van der Waals surface area contributed by atoms with Gasteiger partial charge in [-0.05, 0) is 39.2 Å². The number of hydrogen-bond donors (Lipinski definition) is 1. The normalized spacial score (nSPS) is 29.0. The van der Waals surface area contributed by atoms with Gasteiger partial charge in [-0.1, -0.05) is 25.0 Å². The molecule has 0 aliphatic carbocycles. The molecule has 0 bridgehead atoms. The summed E-state index contributed by atoms with van der Waals surface area (Å²) in [7, 11) is 0. The molecule has 0 saturated carbocycles. The quantitative estimate of drug-likeness (QED) is 0.780. The first-order valence-electron chi connectivity index (χ1n) is 7.34. The summed E-state index contributed by atoms with van der Waals surface area (Å²) in [4.78, 5) is 15.0. The number of carbonyl (C=O) groups is 1. The van der Waals surface area contributed by atoms with Gasteiger partial charge in [0.1, 0.15) is 0 Å². The summed E-state index contributed by atoms with van der Waals surface area (Å²) in [6.45, 7) is 8.00. The molecule has 3 nitrogen and oxygen atoms in total. The minimum Gasteiger partial charge on any atom is -0.338 e. The van der Waals surface area contributed by atoms with Gasteiger partial charge in [0.05, 0.1) is 5.41 Å². The molecule has 2 aliphatic heterocycles. The monoisotopic (exact) mass is 250 g/mol. The van der Waals surface area contributed by atoms with Gasteiger partial charge in [-0.3, -0.25) is 4.79 Å². The Morgan fingerprint density at radius 1 is 1.56 bits per heavy atom. The summed E-state index contributed by atoms with van der Waals surface area (Å²) < 4.78 is 0. The van der Waals surface area contributed by atoms with Crippen molar-refractivity contribution < 1.29 is 4.79 Å². The largest absolute Gasteiger partial charge is 0.338 e. The van der Waals surface area contributed by atoms with Crippen molar-refractivity contribution in [2.75, 3.05) is 26.2 Å². The van der Waals surface area contributed by atoms with Crippen molar-refractivity contribution in [3.05, 3.63) is 11.6 Å². The second-order valence-corrected chi connectivity index (χ2v) is 5.88. The SMILES string of the molecule is CCCC1(C(=O)N2CCC=C(C)C2)CCCNC1. The first-order valence-corrected chi connectivity index (χ1v) is 7.34. The highest BCUT2D eigenvalue weighted by Gasteiger charge is 2.41. The van der Waals surface area contributed by atoms with Gasteiger partial charge in [0.2, 0.25) is 5.91 Å². The minimum absolute atomic E-state index is 0.120. The second kappa shape index (κ2) is 5.87. The van der Waals surface area contributed by atoms with Crippen LogP contribution in [0.5, 0.6) is 0 Å². The lowest BCUT2D eigenvalue weighted by Gasteiger charge is -2.41. The molecule has 1 N–H and O–H groups in total. The topological polar surface area (TPSA) is 32.3 Å². The van der Waals surface area contributed by atoms with E-state index in [0.29, 0.717) is 5.91 Å². The number of carbonyl (C=O) groups excluding carboxylic acids is 1. The Balaban J connectivity index is 2.10. The van der Waals surface area contributed by atoms with Crippen LogP contribution in [-0.2, 0) is 4.79 Å². The van der Waals surface area contributed by atoms with E-state index in [-0.39, 0.29) is 5.41 Å². The van der Waals surface area contributed by atoms with Gasteiger partial charge >= 0.3 is 0 Å².